The Bertz CT molecular complexity index is 862. The van der Waals surface area contributed by atoms with E-state index < -0.39 is 0 Å². The zero-order valence-corrected chi connectivity index (χ0v) is 16.4. The van der Waals surface area contributed by atoms with Crippen LogP contribution in [0.1, 0.15) is 56.3 Å². The molecule has 2 amide bonds. The minimum Gasteiger partial charge on any atom is -0.332 e. The zero-order chi connectivity index (χ0) is 18.6. The fourth-order valence-corrected chi connectivity index (χ4v) is 6.57. The number of aromatic nitrogens is 6. The first kappa shape index (κ1) is 17.0. The van der Waals surface area contributed by atoms with Gasteiger partial charge < -0.3 is 5.32 Å². The molecule has 0 radical (unpaired) electrons. The Balaban J connectivity index is 1.36. The third-order valence-corrected chi connectivity index (χ3v) is 7.32. The third-order valence-electron chi connectivity index (χ3n) is 6.34. The predicted octanol–water partition coefficient (Wildman–Crippen LogP) is 2.27. The van der Waals surface area contributed by atoms with Gasteiger partial charge in [0, 0.05) is 5.54 Å². The number of carbonyl (C=O) groups is 1. The van der Waals surface area contributed by atoms with E-state index in [1.165, 1.54) is 17.8 Å². The Labute approximate surface area is 161 Å². The molecule has 6 rings (SSSR count). The molecule has 27 heavy (non-hydrogen) atoms. The number of carbonyl (C=O) groups excluding carboxylic acids is 1. The third kappa shape index (κ3) is 2.90. The van der Waals surface area contributed by atoms with E-state index in [1.807, 2.05) is 18.6 Å². The van der Waals surface area contributed by atoms with Crippen molar-refractivity contribution in [2.75, 3.05) is 5.32 Å². The molecule has 4 bridgehead atoms. The van der Waals surface area contributed by atoms with Crippen LogP contribution in [0.25, 0.3) is 0 Å². The van der Waals surface area contributed by atoms with Crippen LogP contribution in [0.4, 0.5) is 9.93 Å². The van der Waals surface area contributed by atoms with Crippen LogP contribution >= 0.6 is 11.3 Å². The highest BCUT2D eigenvalue weighted by Crippen LogP contribution is 2.60. The Morgan fingerprint density at radius 2 is 2.00 bits per heavy atom. The van der Waals surface area contributed by atoms with Gasteiger partial charge in [-0.25, -0.2) is 4.79 Å². The van der Waals surface area contributed by atoms with Gasteiger partial charge in [-0.2, -0.15) is 4.80 Å². The summed E-state index contributed by atoms with van der Waals surface area (Å²) in [6.45, 7) is 3.90. The Morgan fingerprint density at radius 3 is 2.63 bits per heavy atom. The number of nitrogens with zero attached hydrogens (tertiary/aromatic N) is 6. The molecule has 0 saturated heterocycles. The average Bonchev–Trinajstić information content (AvgIpc) is 3.22. The summed E-state index contributed by atoms with van der Waals surface area (Å²) in [6.07, 6.45) is 7.16. The second kappa shape index (κ2) is 5.95. The predicted molar refractivity (Wildman–Crippen MR) is 99.4 cm³/mol. The maximum absolute atomic E-state index is 12.7. The number of urea groups is 1. The van der Waals surface area contributed by atoms with Crippen LogP contribution in [0, 0.1) is 18.8 Å². The van der Waals surface area contributed by atoms with Crippen molar-refractivity contribution < 1.29 is 4.79 Å². The summed E-state index contributed by atoms with van der Waals surface area (Å²) in [5, 5.41) is 28.7. The lowest BCUT2D eigenvalue weighted by molar-refractivity contribution is -0.0797. The molecule has 144 valence electrons. The molecule has 9 nitrogen and oxygen atoms in total. The van der Waals surface area contributed by atoms with E-state index in [2.05, 4.69) is 36.2 Å². The fraction of sp³-hybridized carbons (Fsp3) is 0.765. The summed E-state index contributed by atoms with van der Waals surface area (Å²) in [7, 11) is 0. The molecule has 2 aromatic rings. The van der Waals surface area contributed by atoms with Crippen molar-refractivity contribution in [1.29, 1.82) is 0 Å². The van der Waals surface area contributed by atoms with Gasteiger partial charge in [-0.1, -0.05) is 18.3 Å². The monoisotopic (exact) mass is 388 g/mol. The molecular weight excluding hydrogens is 364 g/mol. The average molecular weight is 389 g/mol. The molecule has 2 N–H and O–H groups in total. The molecule has 0 spiro atoms. The molecule has 2 heterocycles. The lowest BCUT2D eigenvalue weighted by Gasteiger charge is -2.61. The maximum atomic E-state index is 12.7. The van der Waals surface area contributed by atoms with E-state index in [9.17, 15) is 4.79 Å². The molecule has 2 aromatic heterocycles. The van der Waals surface area contributed by atoms with Gasteiger partial charge in [-0.15, -0.1) is 20.4 Å². The first-order valence-corrected chi connectivity index (χ1v) is 10.5. The molecule has 4 aliphatic rings. The molecule has 0 aliphatic heterocycles. The van der Waals surface area contributed by atoms with Crippen molar-refractivity contribution in [1.82, 2.24) is 35.7 Å². The second-order valence-electron chi connectivity index (χ2n) is 8.53. The van der Waals surface area contributed by atoms with Crippen LogP contribution in [0.5, 0.6) is 0 Å². The van der Waals surface area contributed by atoms with Crippen LogP contribution < -0.4 is 10.6 Å². The van der Waals surface area contributed by atoms with Crippen LogP contribution in [0.3, 0.4) is 0 Å². The number of anilines is 1. The minimum absolute atomic E-state index is 0.114. The number of tetrazole rings is 1. The molecule has 0 unspecified atom stereocenters. The summed E-state index contributed by atoms with van der Waals surface area (Å²) in [6, 6.07) is -0.186. The first-order valence-electron chi connectivity index (χ1n) is 9.66. The minimum atomic E-state index is -0.200. The lowest BCUT2D eigenvalue weighted by Crippen LogP contribution is -2.66. The van der Waals surface area contributed by atoms with Crippen molar-refractivity contribution >= 4 is 22.5 Å². The van der Waals surface area contributed by atoms with Gasteiger partial charge in [-0.3, -0.25) is 5.32 Å². The molecular formula is C17H24N8OS. The lowest BCUT2D eigenvalue weighted by atomic mass is 9.50. The van der Waals surface area contributed by atoms with E-state index in [0.717, 1.165) is 43.5 Å². The highest BCUT2D eigenvalue weighted by atomic mass is 32.1. The maximum Gasteiger partial charge on any atom is 0.321 e. The highest BCUT2D eigenvalue weighted by Gasteiger charge is 2.60. The molecule has 4 fully saturated rings. The normalized spacial score (nSPS) is 34.0. The van der Waals surface area contributed by atoms with Gasteiger partial charge in [0.2, 0.25) is 5.13 Å². The number of nitrogens with one attached hydrogen (secondary N) is 2. The molecule has 2 atom stereocenters. The van der Waals surface area contributed by atoms with Crippen LogP contribution in [0.2, 0.25) is 0 Å². The first-order chi connectivity index (χ1) is 13.0. The van der Waals surface area contributed by atoms with E-state index in [1.54, 1.807) is 0 Å². The van der Waals surface area contributed by atoms with E-state index in [-0.39, 0.29) is 17.1 Å². The SMILES string of the molecule is CCc1nnc(NC(=O)NC23C[C@@H]4C[C@@H](C2)CC(n2nnc(C)n2)(C4)C3)s1. The van der Waals surface area contributed by atoms with Crippen molar-refractivity contribution in [3.8, 4) is 0 Å². The summed E-state index contributed by atoms with van der Waals surface area (Å²) in [5.74, 6) is 1.91. The van der Waals surface area contributed by atoms with Crippen molar-refractivity contribution in [3.63, 3.8) is 0 Å². The van der Waals surface area contributed by atoms with Gasteiger partial charge in [-0.05, 0) is 68.9 Å². The second-order valence-corrected chi connectivity index (χ2v) is 9.59. The van der Waals surface area contributed by atoms with Gasteiger partial charge in [0.15, 0.2) is 5.82 Å². The number of rotatable bonds is 4. The largest absolute Gasteiger partial charge is 0.332 e. The smallest absolute Gasteiger partial charge is 0.321 e. The number of aryl methyl sites for hydroxylation is 2. The van der Waals surface area contributed by atoms with Crippen molar-refractivity contribution in [2.24, 2.45) is 11.8 Å². The van der Waals surface area contributed by atoms with E-state index >= 15 is 0 Å². The molecule has 10 heteroatoms. The number of amides is 2. The summed E-state index contributed by atoms with van der Waals surface area (Å²) in [5.41, 5.74) is -0.315. The molecule has 4 aliphatic carbocycles. The Morgan fingerprint density at radius 1 is 1.22 bits per heavy atom. The number of hydrogen-bond acceptors (Lipinski definition) is 7. The summed E-state index contributed by atoms with van der Waals surface area (Å²) in [4.78, 5) is 14.5. The molecule has 0 aromatic carbocycles. The summed E-state index contributed by atoms with van der Waals surface area (Å²) < 4.78 is 0. The topological polar surface area (TPSA) is 111 Å². The van der Waals surface area contributed by atoms with E-state index in [4.69, 9.17) is 0 Å². The van der Waals surface area contributed by atoms with Gasteiger partial charge in [0.25, 0.3) is 0 Å². The Kier molecular flexibility index (Phi) is 3.75. The van der Waals surface area contributed by atoms with Crippen LogP contribution in [0.15, 0.2) is 0 Å². The van der Waals surface area contributed by atoms with Crippen molar-refractivity contribution in [2.45, 2.75) is 69.9 Å². The zero-order valence-electron chi connectivity index (χ0n) is 15.6. The van der Waals surface area contributed by atoms with Gasteiger partial charge in [0.1, 0.15) is 5.01 Å². The van der Waals surface area contributed by atoms with E-state index in [0.29, 0.717) is 22.8 Å². The Hall–Kier alpha value is -2.10. The number of hydrogen-bond donors (Lipinski definition) is 2. The standard InChI is InChI=1S/C17H24N8OS/c1-3-13-21-22-15(27-13)18-14(26)19-16-5-11-4-12(6-16)8-17(7-11,9-16)25-23-10(2)20-24-25/h11-12H,3-9H2,1-2H3,(H2,18,19,22,26)/t11-,12-,16?,17?/m0/s1. The van der Waals surface area contributed by atoms with Gasteiger partial charge in [0.05, 0.1) is 5.54 Å². The highest BCUT2D eigenvalue weighted by molar-refractivity contribution is 7.15. The van der Waals surface area contributed by atoms with Crippen LogP contribution in [-0.2, 0) is 12.0 Å². The van der Waals surface area contributed by atoms with Gasteiger partial charge >= 0.3 is 6.03 Å². The molecule has 4 saturated carbocycles. The summed E-state index contributed by atoms with van der Waals surface area (Å²) >= 11 is 1.43. The van der Waals surface area contributed by atoms with Crippen molar-refractivity contribution in [3.05, 3.63) is 10.8 Å². The fourth-order valence-electron chi connectivity index (χ4n) is 5.90. The quantitative estimate of drug-likeness (QED) is 0.831. The van der Waals surface area contributed by atoms with Crippen LogP contribution in [-0.4, -0.2) is 42.0 Å².